The Morgan fingerprint density at radius 1 is 1.10 bits per heavy atom. The Balaban J connectivity index is 2.18. The predicted octanol–water partition coefficient (Wildman–Crippen LogP) is 5.39. The molecule has 0 bridgehead atoms. The quantitative estimate of drug-likeness (QED) is 0.742. The SMILES string of the molecule is COc1ccc(CNc2ccc(Cl)c(Br)c2)c(Cl)c1OC. The van der Waals surface area contributed by atoms with Gasteiger partial charge in [0.15, 0.2) is 11.5 Å². The molecule has 0 amide bonds. The average Bonchev–Trinajstić information content (AvgIpc) is 2.49. The van der Waals surface area contributed by atoms with Crippen molar-refractivity contribution in [3.05, 3.63) is 50.4 Å². The number of benzene rings is 2. The largest absolute Gasteiger partial charge is 0.493 e. The highest BCUT2D eigenvalue weighted by Crippen LogP contribution is 2.37. The summed E-state index contributed by atoms with van der Waals surface area (Å²) in [5, 5.41) is 4.50. The van der Waals surface area contributed by atoms with Gasteiger partial charge in [0.25, 0.3) is 0 Å². The van der Waals surface area contributed by atoms with Crippen LogP contribution in [0.3, 0.4) is 0 Å². The number of halogens is 3. The summed E-state index contributed by atoms with van der Waals surface area (Å²) in [5.41, 5.74) is 1.86. The maximum atomic E-state index is 6.34. The van der Waals surface area contributed by atoms with Crippen molar-refractivity contribution < 1.29 is 9.47 Å². The van der Waals surface area contributed by atoms with E-state index in [-0.39, 0.29) is 0 Å². The molecule has 0 aliphatic heterocycles. The van der Waals surface area contributed by atoms with Crippen molar-refractivity contribution >= 4 is 44.8 Å². The van der Waals surface area contributed by atoms with Gasteiger partial charge in [-0.1, -0.05) is 29.3 Å². The van der Waals surface area contributed by atoms with Gasteiger partial charge in [0, 0.05) is 16.7 Å². The molecule has 0 aliphatic carbocycles. The third kappa shape index (κ3) is 3.76. The van der Waals surface area contributed by atoms with Gasteiger partial charge in [-0.3, -0.25) is 0 Å². The summed E-state index contributed by atoms with van der Waals surface area (Å²) in [6, 6.07) is 9.38. The Morgan fingerprint density at radius 3 is 2.48 bits per heavy atom. The molecule has 0 radical (unpaired) electrons. The van der Waals surface area contributed by atoms with Gasteiger partial charge in [-0.05, 0) is 45.8 Å². The number of hydrogen-bond donors (Lipinski definition) is 1. The second kappa shape index (κ2) is 7.25. The smallest absolute Gasteiger partial charge is 0.179 e. The summed E-state index contributed by atoms with van der Waals surface area (Å²) >= 11 is 15.7. The lowest BCUT2D eigenvalue weighted by Gasteiger charge is -2.14. The zero-order valence-electron chi connectivity index (χ0n) is 11.5. The Kier molecular flexibility index (Phi) is 5.62. The van der Waals surface area contributed by atoms with Crippen molar-refractivity contribution in [1.82, 2.24) is 0 Å². The van der Waals surface area contributed by atoms with Gasteiger partial charge in [-0.15, -0.1) is 0 Å². The Labute approximate surface area is 142 Å². The average molecular weight is 391 g/mol. The third-order valence-electron chi connectivity index (χ3n) is 2.97. The molecule has 0 spiro atoms. The molecule has 0 saturated carbocycles. The minimum atomic E-state index is 0.538. The minimum Gasteiger partial charge on any atom is -0.493 e. The van der Waals surface area contributed by atoms with E-state index in [1.54, 1.807) is 14.2 Å². The molecule has 0 atom stereocenters. The van der Waals surface area contributed by atoms with Gasteiger partial charge < -0.3 is 14.8 Å². The fraction of sp³-hybridized carbons (Fsp3) is 0.200. The van der Waals surface area contributed by atoms with Crippen molar-refractivity contribution in [2.75, 3.05) is 19.5 Å². The number of hydrogen-bond acceptors (Lipinski definition) is 3. The molecular formula is C15H14BrCl2NO2. The first-order chi connectivity index (χ1) is 10.1. The van der Waals surface area contributed by atoms with E-state index in [4.69, 9.17) is 32.7 Å². The number of rotatable bonds is 5. The first kappa shape index (κ1) is 16.3. The maximum Gasteiger partial charge on any atom is 0.179 e. The van der Waals surface area contributed by atoms with E-state index in [0.717, 1.165) is 15.7 Å². The van der Waals surface area contributed by atoms with Crippen LogP contribution in [-0.4, -0.2) is 14.2 Å². The Bertz CT molecular complexity index is 650. The first-order valence-electron chi connectivity index (χ1n) is 6.15. The number of methoxy groups -OCH3 is 2. The lowest BCUT2D eigenvalue weighted by atomic mass is 10.2. The molecule has 2 rings (SSSR count). The summed E-state index contributed by atoms with van der Waals surface area (Å²) in [7, 11) is 3.15. The summed E-state index contributed by atoms with van der Waals surface area (Å²) < 4.78 is 11.3. The third-order valence-corrected chi connectivity index (χ3v) is 4.60. The summed E-state index contributed by atoms with van der Waals surface area (Å²) in [6.07, 6.45) is 0. The molecule has 3 nitrogen and oxygen atoms in total. The normalized spacial score (nSPS) is 10.3. The molecule has 6 heteroatoms. The predicted molar refractivity (Wildman–Crippen MR) is 91.0 cm³/mol. The molecule has 2 aromatic carbocycles. The van der Waals surface area contributed by atoms with Crippen LogP contribution in [0.2, 0.25) is 10.0 Å². The van der Waals surface area contributed by atoms with Crippen LogP contribution in [0.15, 0.2) is 34.8 Å². The molecule has 21 heavy (non-hydrogen) atoms. The molecule has 0 saturated heterocycles. The van der Waals surface area contributed by atoms with E-state index in [9.17, 15) is 0 Å². The monoisotopic (exact) mass is 389 g/mol. The van der Waals surface area contributed by atoms with Crippen molar-refractivity contribution in [2.24, 2.45) is 0 Å². The molecule has 112 valence electrons. The van der Waals surface area contributed by atoms with Crippen LogP contribution in [0.4, 0.5) is 5.69 Å². The highest BCUT2D eigenvalue weighted by Gasteiger charge is 2.12. The van der Waals surface area contributed by atoms with Crippen LogP contribution < -0.4 is 14.8 Å². The van der Waals surface area contributed by atoms with Gasteiger partial charge in [-0.2, -0.15) is 0 Å². The second-order valence-corrected chi connectivity index (χ2v) is 5.90. The highest BCUT2D eigenvalue weighted by molar-refractivity contribution is 9.10. The van der Waals surface area contributed by atoms with Crippen molar-refractivity contribution in [1.29, 1.82) is 0 Å². The number of ether oxygens (including phenoxy) is 2. The Hall–Kier alpha value is -1.10. The van der Waals surface area contributed by atoms with Gasteiger partial charge in [-0.25, -0.2) is 0 Å². The number of anilines is 1. The van der Waals surface area contributed by atoms with E-state index < -0.39 is 0 Å². The van der Waals surface area contributed by atoms with Gasteiger partial charge in [0.2, 0.25) is 0 Å². The zero-order chi connectivity index (χ0) is 15.4. The zero-order valence-corrected chi connectivity index (χ0v) is 14.6. The topological polar surface area (TPSA) is 30.5 Å². The van der Waals surface area contributed by atoms with E-state index >= 15 is 0 Å². The van der Waals surface area contributed by atoms with Gasteiger partial charge in [0.1, 0.15) is 0 Å². The molecule has 0 unspecified atom stereocenters. The van der Waals surface area contributed by atoms with Crippen molar-refractivity contribution in [3.8, 4) is 11.5 Å². The fourth-order valence-electron chi connectivity index (χ4n) is 1.87. The van der Waals surface area contributed by atoms with Crippen LogP contribution >= 0.6 is 39.1 Å². The maximum absolute atomic E-state index is 6.34. The van der Waals surface area contributed by atoms with Crippen LogP contribution in [-0.2, 0) is 6.54 Å². The second-order valence-electron chi connectivity index (χ2n) is 4.26. The highest BCUT2D eigenvalue weighted by atomic mass is 79.9. The summed E-state index contributed by atoms with van der Waals surface area (Å²) in [6.45, 7) is 0.563. The van der Waals surface area contributed by atoms with Crippen LogP contribution in [0.1, 0.15) is 5.56 Å². The minimum absolute atomic E-state index is 0.538. The molecule has 0 fully saturated rings. The molecular weight excluding hydrogens is 377 g/mol. The van der Waals surface area contributed by atoms with E-state index in [0.29, 0.717) is 28.1 Å². The molecule has 0 heterocycles. The molecule has 0 aliphatic rings. The van der Waals surface area contributed by atoms with Crippen LogP contribution in [0, 0.1) is 0 Å². The number of nitrogens with one attached hydrogen (secondary N) is 1. The lowest BCUT2D eigenvalue weighted by Crippen LogP contribution is -2.02. The summed E-state index contributed by atoms with van der Waals surface area (Å²) in [5.74, 6) is 1.15. The van der Waals surface area contributed by atoms with Gasteiger partial charge in [0.05, 0.1) is 24.3 Å². The van der Waals surface area contributed by atoms with Crippen LogP contribution in [0.25, 0.3) is 0 Å². The van der Waals surface area contributed by atoms with E-state index in [1.807, 2.05) is 30.3 Å². The molecule has 2 aromatic rings. The fourth-order valence-corrected chi connectivity index (χ4v) is 2.67. The van der Waals surface area contributed by atoms with E-state index in [1.165, 1.54) is 0 Å². The standard InChI is InChI=1S/C15H14BrCl2NO2/c1-20-13-6-3-9(14(18)15(13)21-2)8-19-10-4-5-12(17)11(16)7-10/h3-7,19H,8H2,1-2H3. The van der Waals surface area contributed by atoms with Crippen molar-refractivity contribution in [3.63, 3.8) is 0 Å². The Morgan fingerprint density at radius 2 is 1.86 bits per heavy atom. The first-order valence-corrected chi connectivity index (χ1v) is 7.70. The van der Waals surface area contributed by atoms with Gasteiger partial charge >= 0.3 is 0 Å². The lowest BCUT2D eigenvalue weighted by molar-refractivity contribution is 0.355. The molecule has 1 N–H and O–H groups in total. The van der Waals surface area contributed by atoms with Crippen LogP contribution in [0.5, 0.6) is 11.5 Å². The van der Waals surface area contributed by atoms with E-state index in [2.05, 4.69) is 21.2 Å². The summed E-state index contributed by atoms with van der Waals surface area (Å²) in [4.78, 5) is 0. The van der Waals surface area contributed by atoms with Crippen molar-refractivity contribution in [2.45, 2.75) is 6.54 Å². The molecule has 0 aromatic heterocycles.